The van der Waals surface area contributed by atoms with Gasteiger partial charge in [-0.05, 0) is 37.1 Å². The first-order chi connectivity index (χ1) is 14.2. The largest absolute Gasteiger partial charge is 0.326 e. The average molecular weight is 422 g/mol. The normalized spacial score (nSPS) is 10.3. The quantitative estimate of drug-likeness (QED) is 0.356. The van der Waals surface area contributed by atoms with Gasteiger partial charge in [-0.25, -0.2) is 0 Å². The van der Waals surface area contributed by atoms with Gasteiger partial charge in [0.1, 0.15) is 0 Å². The number of amides is 2. The summed E-state index contributed by atoms with van der Waals surface area (Å²) in [4.78, 5) is 43.3. The van der Waals surface area contributed by atoms with Crippen LogP contribution in [-0.2, 0) is 9.59 Å². The molecule has 0 aliphatic rings. The molecule has 0 bridgehead atoms. The van der Waals surface area contributed by atoms with E-state index in [9.17, 15) is 38.6 Å². The van der Waals surface area contributed by atoms with Gasteiger partial charge in [0.2, 0.25) is 23.4 Å². The molecule has 158 valence electrons. The number of nitro groups is 2. The molecule has 2 aromatic carbocycles. The van der Waals surface area contributed by atoms with Crippen LogP contribution in [0.2, 0.25) is 0 Å². The Balaban J connectivity index is 1.77. The van der Waals surface area contributed by atoms with E-state index in [1.165, 1.54) is 12.1 Å². The van der Waals surface area contributed by atoms with Gasteiger partial charge in [0, 0.05) is 36.3 Å². The van der Waals surface area contributed by atoms with Gasteiger partial charge < -0.3 is 10.6 Å². The van der Waals surface area contributed by atoms with Crippen molar-refractivity contribution in [2.75, 3.05) is 10.6 Å². The minimum absolute atomic E-state index is 0.0144. The summed E-state index contributed by atoms with van der Waals surface area (Å²) in [6.07, 6.45) is 0.652. The summed E-state index contributed by atoms with van der Waals surface area (Å²) >= 11 is 0. The van der Waals surface area contributed by atoms with Gasteiger partial charge in [-0.15, -0.1) is 0 Å². The Kier molecular flexibility index (Phi) is 7.44. The molecule has 2 aromatic rings. The number of carbonyl (C=O) groups excluding carboxylic acids is 2. The summed E-state index contributed by atoms with van der Waals surface area (Å²) in [5, 5.41) is 26.2. The topological polar surface area (TPSA) is 144 Å². The summed E-state index contributed by atoms with van der Waals surface area (Å²) < 4.78 is 26.6. The van der Waals surface area contributed by atoms with E-state index >= 15 is 0 Å². The zero-order chi connectivity index (χ0) is 22.3. The second-order valence-electron chi connectivity index (χ2n) is 6.15. The molecule has 0 aromatic heterocycles. The van der Waals surface area contributed by atoms with E-state index in [1.54, 1.807) is 0 Å². The Morgan fingerprint density at radius 1 is 0.767 bits per heavy atom. The molecule has 0 saturated heterocycles. The maximum absolute atomic E-state index is 13.3. The van der Waals surface area contributed by atoms with Crippen molar-refractivity contribution in [3.05, 3.63) is 68.3 Å². The third kappa shape index (κ3) is 6.29. The fourth-order valence-electron chi connectivity index (χ4n) is 2.48. The lowest BCUT2D eigenvalue weighted by Gasteiger charge is -2.07. The summed E-state index contributed by atoms with van der Waals surface area (Å²) in [6, 6.07) is 5.94. The molecule has 0 spiro atoms. The van der Waals surface area contributed by atoms with E-state index in [0.29, 0.717) is 12.8 Å². The SMILES string of the molecule is O=C(CCCCC(=O)Nc1ccc(F)c([N+](=O)[O-])c1)Nc1ccc(F)c([N+](=O)[O-])c1. The molecule has 0 saturated carbocycles. The molecule has 0 fully saturated rings. The second-order valence-corrected chi connectivity index (χ2v) is 6.15. The van der Waals surface area contributed by atoms with Crippen molar-refractivity contribution < 1.29 is 28.2 Å². The number of hydrogen-bond acceptors (Lipinski definition) is 6. The van der Waals surface area contributed by atoms with E-state index in [1.807, 2.05) is 0 Å². The van der Waals surface area contributed by atoms with Gasteiger partial charge >= 0.3 is 11.4 Å². The third-order valence-corrected chi connectivity index (χ3v) is 3.91. The van der Waals surface area contributed by atoms with Crippen LogP contribution in [0.25, 0.3) is 0 Å². The van der Waals surface area contributed by atoms with Crippen LogP contribution in [0.3, 0.4) is 0 Å². The molecule has 2 N–H and O–H groups in total. The first kappa shape index (κ1) is 22.3. The van der Waals surface area contributed by atoms with Crippen molar-refractivity contribution in [2.45, 2.75) is 25.7 Å². The molecular weight excluding hydrogens is 406 g/mol. The van der Waals surface area contributed by atoms with Crippen molar-refractivity contribution in [1.82, 2.24) is 0 Å². The third-order valence-electron chi connectivity index (χ3n) is 3.91. The van der Waals surface area contributed by atoms with Gasteiger partial charge in [-0.2, -0.15) is 8.78 Å². The highest BCUT2D eigenvalue weighted by molar-refractivity contribution is 5.92. The highest BCUT2D eigenvalue weighted by atomic mass is 19.1. The van der Waals surface area contributed by atoms with Crippen LogP contribution < -0.4 is 10.6 Å². The second kappa shape index (κ2) is 10.0. The Labute approximate surface area is 168 Å². The molecule has 10 nitrogen and oxygen atoms in total. The lowest BCUT2D eigenvalue weighted by molar-refractivity contribution is -0.387. The van der Waals surface area contributed by atoms with Gasteiger partial charge in [0.05, 0.1) is 9.85 Å². The predicted octanol–water partition coefficient (Wildman–Crippen LogP) is 3.92. The Hall–Kier alpha value is -3.96. The fourth-order valence-corrected chi connectivity index (χ4v) is 2.48. The zero-order valence-electron chi connectivity index (χ0n) is 15.4. The van der Waals surface area contributed by atoms with Crippen LogP contribution in [0.4, 0.5) is 31.5 Å². The number of hydrogen-bond donors (Lipinski definition) is 2. The summed E-state index contributed by atoms with van der Waals surface area (Å²) in [5.41, 5.74) is -1.37. The number of unbranched alkanes of at least 4 members (excludes halogenated alkanes) is 1. The van der Waals surface area contributed by atoms with Crippen molar-refractivity contribution in [1.29, 1.82) is 0 Å². The Bertz CT molecular complexity index is 919. The van der Waals surface area contributed by atoms with Crippen molar-refractivity contribution in [3.63, 3.8) is 0 Å². The molecule has 0 radical (unpaired) electrons. The zero-order valence-corrected chi connectivity index (χ0v) is 15.4. The molecule has 0 atom stereocenters. The van der Waals surface area contributed by atoms with Crippen molar-refractivity contribution >= 4 is 34.6 Å². The van der Waals surface area contributed by atoms with E-state index in [-0.39, 0.29) is 24.2 Å². The van der Waals surface area contributed by atoms with Crippen molar-refractivity contribution in [3.8, 4) is 0 Å². The first-order valence-electron chi connectivity index (χ1n) is 8.65. The Morgan fingerprint density at radius 3 is 1.47 bits per heavy atom. The summed E-state index contributed by atoms with van der Waals surface area (Å²) in [5.74, 6) is -2.97. The molecule has 2 amide bonds. The van der Waals surface area contributed by atoms with Crippen LogP contribution in [0.1, 0.15) is 25.7 Å². The van der Waals surface area contributed by atoms with Crippen molar-refractivity contribution in [2.24, 2.45) is 0 Å². The average Bonchev–Trinajstić information content (AvgIpc) is 2.68. The van der Waals surface area contributed by atoms with Crippen LogP contribution in [0.15, 0.2) is 36.4 Å². The van der Waals surface area contributed by atoms with E-state index in [2.05, 4.69) is 10.6 Å². The number of anilines is 2. The van der Waals surface area contributed by atoms with Gasteiger partial charge in [-0.3, -0.25) is 29.8 Å². The highest BCUT2D eigenvalue weighted by Gasteiger charge is 2.16. The first-order valence-corrected chi connectivity index (χ1v) is 8.65. The molecule has 0 aliphatic heterocycles. The predicted molar refractivity (Wildman–Crippen MR) is 102 cm³/mol. The highest BCUT2D eigenvalue weighted by Crippen LogP contribution is 2.23. The maximum atomic E-state index is 13.3. The van der Waals surface area contributed by atoms with Crippen LogP contribution in [-0.4, -0.2) is 21.7 Å². The van der Waals surface area contributed by atoms with E-state index in [4.69, 9.17) is 0 Å². The molecule has 12 heteroatoms. The Morgan fingerprint density at radius 2 is 1.13 bits per heavy atom. The molecule has 0 unspecified atom stereocenters. The monoisotopic (exact) mass is 422 g/mol. The maximum Gasteiger partial charge on any atom is 0.306 e. The summed E-state index contributed by atoms with van der Waals surface area (Å²) in [6.45, 7) is 0. The molecule has 2 rings (SSSR count). The summed E-state index contributed by atoms with van der Waals surface area (Å²) in [7, 11) is 0. The molecule has 0 aliphatic carbocycles. The number of carbonyl (C=O) groups is 2. The standard InChI is InChI=1S/C18H16F2N4O6/c19-13-7-5-11(9-15(13)23(27)28)21-17(25)3-1-2-4-18(26)22-12-6-8-14(20)16(10-12)24(29)30/h5-10H,1-4H2,(H,21,25)(H,22,26). The lowest BCUT2D eigenvalue weighted by Crippen LogP contribution is -2.13. The number of rotatable bonds is 9. The molecular formula is C18H16F2N4O6. The number of nitrogens with zero attached hydrogens (tertiary/aromatic N) is 2. The fraction of sp³-hybridized carbons (Fsp3) is 0.222. The number of halogens is 2. The lowest BCUT2D eigenvalue weighted by atomic mass is 10.1. The van der Waals surface area contributed by atoms with Crippen LogP contribution >= 0.6 is 0 Å². The number of benzene rings is 2. The smallest absolute Gasteiger partial charge is 0.306 e. The van der Waals surface area contributed by atoms with E-state index in [0.717, 1.165) is 24.3 Å². The van der Waals surface area contributed by atoms with E-state index < -0.39 is 44.7 Å². The number of nitro benzene ring substituents is 2. The minimum Gasteiger partial charge on any atom is -0.326 e. The number of nitrogens with one attached hydrogen (secondary N) is 2. The van der Waals surface area contributed by atoms with Gasteiger partial charge in [-0.1, -0.05) is 0 Å². The molecule has 30 heavy (non-hydrogen) atoms. The van der Waals surface area contributed by atoms with Crippen LogP contribution in [0.5, 0.6) is 0 Å². The van der Waals surface area contributed by atoms with Crippen LogP contribution in [0, 0.1) is 31.9 Å². The van der Waals surface area contributed by atoms with Gasteiger partial charge in [0.15, 0.2) is 0 Å². The van der Waals surface area contributed by atoms with Gasteiger partial charge in [0.25, 0.3) is 0 Å². The molecule has 0 heterocycles. The minimum atomic E-state index is -1.02.